The summed E-state index contributed by atoms with van der Waals surface area (Å²) in [6, 6.07) is 7.27. The number of fused-ring (bicyclic) bond motifs is 1. The zero-order valence-corrected chi connectivity index (χ0v) is 14.6. The summed E-state index contributed by atoms with van der Waals surface area (Å²) < 4.78 is 5.13. The van der Waals surface area contributed by atoms with Gasteiger partial charge >= 0.3 is 5.97 Å². The van der Waals surface area contributed by atoms with E-state index in [2.05, 4.69) is 11.9 Å². The summed E-state index contributed by atoms with van der Waals surface area (Å²) in [5, 5.41) is 0.570. The summed E-state index contributed by atoms with van der Waals surface area (Å²) >= 11 is 6.14. The molecule has 5 heteroatoms. The smallest absolute Gasteiger partial charge is 0.344 e. The number of rotatable bonds is 3. The molecule has 4 nitrogen and oxygen atoms in total. The van der Waals surface area contributed by atoms with Gasteiger partial charge in [0, 0.05) is 16.3 Å². The lowest BCUT2D eigenvalue weighted by molar-refractivity contribution is 0.0525. The van der Waals surface area contributed by atoms with Crippen molar-refractivity contribution < 1.29 is 9.53 Å². The number of benzene rings is 1. The lowest BCUT2D eigenvalue weighted by Gasteiger charge is -2.25. The van der Waals surface area contributed by atoms with Gasteiger partial charge in [0.05, 0.1) is 6.61 Å². The van der Waals surface area contributed by atoms with E-state index < -0.39 is 11.5 Å². The number of aryl methyl sites for hydroxylation is 1. The highest BCUT2D eigenvalue weighted by Gasteiger charge is 2.27. The monoisotopic (exact) mass is 345 g/mol. The third-order valence-corrected chi connectivity index (χ3v) is 4.68. The number of pyridine rings is 1. The summed E-state index contributed by atoms with van der Waals surface area (Å²) in [7, 11) is 0. The first-order valence-electron chi connectivity index (χ1n) is 8.22. The van der Waals surface area contributed by atoms with Gasteiger partial charge in [-0.05, 0) is 55.4 Å². The summed E-state index contributed by atoms with van der Waals surface area (Å²) in [6.07, 6.45) is 2.65. The standard InChI is InChI=1S/C19H20ClNO3/c1-3-24-19(23)17-16(12-5-4-6-13(20)10-12)14-9-11(2)7-8-15(14)21-18(17)22/h4-6,10-11H,3,7-9H2,1-2H3,(H,21,22). The molecule has 24 heavy (non-hydrogen) atoms. The van der Waals surface area contributed by atoms with Crippen LogP contribution in [0.1, 0.15) is 41.9 Å². The highest BCUT2D eigenvalue weighted by molar-refractivity contribution is 6.30. The van der Waals surface area contributed by atoms with E-state index in [0.29, 0.717) is 16.5 Å². The van der Waals surface area contributed by atoms with Gasteiger partial charge in [-0.1, -0.05) is 30.7 Å². The Bertz CT molecular complexity index is 841. The average Bonchev–Trinajstić information content (AvgIpc) is 2.54. The number of aromatic nitrogens is 1. The molecular weight excluding hydrogens is 326 g/mol. The maximum absolute atomic E-state index is 12.6. The molecule has 1 N–H and O–H groups in total. The summed E-state index contributed by atoms with van der Waals surface area (Å²) in [5.74, 6) is -0.0915. The molecule has 1 atom stereocenters. The predicted molar refractivity (Wildman–Crippen MR) is 94.7 cm³/mol. The number of aromatic amines is 1. The van der Waals surface area contributed by atoms with Crippen molar-refractivity contribution in [3.05, 3.63) is 56.5 Å². The zero-order chi connectivity index (χ0) is 17.3. The first kappa shape index (κ1) is 16.8. The number of hydrogen-bond donors (Lipinski definition) is 1. The molecule has 1 unspecified atom stereocenters. The molecule has 126 valence electrons. The van der Waals surface area contributed by atoms with Crippen LogP contribution >= 0.6 is 11.6 Å². The van der Waals surface area contributed by atoms with Gasteiger partial charge in [-0.15, -0.1) is 0 Å². The van der Waals surface area contributed by atoms with Crippen LogP contribution in [0.15, 0.2) is 29.1 Å². The molecular formula is C19H20ClNO3. The van der Waals surface area contributed by atoms with Crippen LogP contribution < -0.4 is 5.56 Å². The number of nitrogens with one attached hydrogen (secondary N) is 1. The third-order valence-electron chi connectivity index (χ3n) is 4.44. The van der Waals surface area contributed by atoms with Crippen LogP contribution in [0.5, 0.6) is 0 Å². The number of hydrogen-bond acceptors (Lipinski definition) is 3. The second kappa shape index (κ2) is 6.81. The molecule has 0 aliphatic heterocycles. The maximum Gasteiger partial charge on any atom is 0.344 e. The van der Waals surface area contributed by atoms with Gasteiger partial charge in [-0.25, -0.2) is 4.79 Å². The van der Waals surface area contributed by atoms with Crippen LogP contribution in [0.3, 0.4) is 0 Å². The van der Waals surface area contributed by atoms with Gasteiger partial charge in [-0.3, -0.25) is 4.79 Å². The molecule has 0 saturated heterocycles. The number of carbonyl (C=O) groups is 1. The molecule has 1 aromatic carbocycles. The van der Waals surface area contributed by atoms with Crippen molar-refractivity contribution >= 4 is 17.6 Å². The molecule has 1 aromatic heterocycles. The number of ether oxygens (including phenoxy) is 1. The van der Waals surface area contributed by atoms with Crippen LogP contribution in [0.2, 0.25) is 5.02 Å². The number of H-pyrrole nitrogens is 1. The SMILES string of the molecule is CCOC(=O)c1c(-c2cccc(Cl)c2)c2c([nH]c1=O)CCC(C)C2. The van der Waals surface area contributed by atoms with E-state index in [1.807, 2.05) is 12.1 Å². The first-order valence-corrected chi connectivity index (χ1v) is 8.60. The molecule has 0 fully saturated rings. The Kier molecular flexibility index (Phi) is 4.76. The molecule has 0 radical (unpaired) electrons. The van der Waals surface area contributed by atoms with Crippen LogP contribution in [-0.4, -0.2) is 17.6 Å². The first-order chi connectivity index (χ1) is 11.5. The largest absolute Gasteiger partial charge is 0.462 e. The quantitative estimate of drug-likeness (QED) is 0.855. The van der Waals surface area contributed by atoms with E-state index in [-0.39, 0.29) is 12.2 Å². The number of esters is 1. The van der Waals surface area contributed by atoms with Gasteiger partial charge < -0.3 is 9.72 Å². The normalized spacial score (nSPS) is 16.5. The predicted octanol–water partition coefficient (Wildman–Crippen LogP) is 4.00. The van der Waals surface area contributed by atoms with Crippen LogP contribution in [-0.2, 0) is 17.6 Å². The van der Waals surface area contributed by atoms with Gasteiger partial charge in [-0.2, -0.15) is 0 Å². The van der Waals surface area contributed by atoms with Gasteiger partial charge in [0.1, 0.15) is 5.56 Å². The molecule has 0 amide bonds. The molecule has 0 spiro atoms. The van der Waals surface area contributed by atoms with Crippen molar-refractivity contribution in [3.63, 3.8) is 0 Å². The molecule has 1 aliphatic carbocycles. The van der Waals surface area contributed by atoms with E-state index >= 15 is 0 Å². The van der Waals surface area contributed by atoms with Crippen molar-refractivity contribution in [1.82, 2.24) is 4.98 Å². The fourth-order valence-corrected chi connectivity index (χ4v) is 3.52. The Hall–Kier alpha value is -2.07. The second-order valence-electron chi connectivity index (χ2n) is 6.24. The highest BCUT2D eigenvalue weighted by Crippen LogP contribution is 2.35. The third kappa shape index (κ3) is 3.11. The van der Waals surface area contributed by atoms with Crippen LogP contribution in [0.4, 0.5) is 0 Å². The van der Waals surface area contributed by atoms with Gasteiger partial charge in [0.25, 0.3) is 5.56 Å². The highest BCUT2D eigenvalue weighted by atomic mass is 35.5. The Morgan fingerprint density at radius 2 is 2.21 bits per heavy atom. The Labute approximate surface area is 145 Å². The lowest BCUT2D eigenvalue weighted by Crippen LogP contribution is -2.27. The van der Waals surface area contributed by atoms with Crippen molar-refractivity contribution in [2.75, 3.05) is 6.61 Å². The van der Waals surface area contributed by atoms with Gasteiger partial charge in [0.15, 0.2) is 0 Å². The summed E-state index contributed by atoms with van der Waals surface area (Å²) in [6.45, 7) is 4.13. The maximum atomic E-state index is 12.6. The Balaban J connectivity index is 2.31. The lowest BCUT2D eigenvalue weighted by atomic mass is 9.82. The fourth-order valence-electron chi connectivity index (χ4n) is 3.33. The fraction of sp³-hybridized carbons (Fsp3) is 0.368. The Morgan fingerprint density at radius 1 is 1.42 bits per heavy atom. The molecule has 0 saturated carbocycles. The molecule has 3 rings (SSSR count). The second-order valence-corrected chi connectivity index (χ2v) is 6.68. The summed E-state index contributed by atoms with van der Waals surface area (Å²) in [4.78, 5) is 27.9. The number of halogens is 1. The Morgan fingerprint density at radius 3 is 2.92 bits per heavy atom. The minimum absolute atomic E-state index is 0.0759. The minimum Gasteiger partial charge on any atom is -0.462 e. The average molecular weight is 346 g/mol. The number of carbonyl (C=O) groups excluding carboxylic acids is 1. The summed E-state index contributed by atoms with van der Waals surface area (Å²) in [5.41, 5.74) is 3.08. The van der Waals surface area contributed by atoms with Crippen molar-refractivity contribution in [2.45, 2.75) is 33.1 Å². The van der Waals surface area contributed by atoms with E-state index in [4.69, 9.17) is 16.3 Å². The van der Waals surface area contributed by atoms with Crippen LogP contribution in [0.25, 0.3) is 11.1 Å². The van der Waals surface area contributed by atoms with Crippen molar-refractivity contribution in [2.24, 2.45) is 5.92 Å². The minimum atomic E-state index is -0.588. The topological polar surface area (TPSA) is 59.2 Å². The molecule has 1 heterocycles. The van der Waals surface area contributed by atoms with Crippen molar-refractivity contribution in [1.29, 1.82) is 0 Å². The van der Waals surface area contributed by atoms with E-state index in [1.54, 1.807) is 19.1 Å². The van der Waals surface area contributed by atoms with E-state index in [0.717, 1.165) is 36.1 Å². The molecule has 2 aromatic rings. The zero-order valence-electron chi connectivity index (χ0n) is 13.8. The van der Waals surface area contributed by atoms with E-state index in [9.17, 15) is 9.59 Å². The van der Waals surface area contributed by atoms with Gasteiger partial charge in [0.2, 0.25) is 0 Å². The molecule has 1 aliphatic rings. The van der Waals surface area contributed by atoms with Crippen molar-refractivity contribution in [3.8, 4) is 11.1 Å². The van der Waals surface area contributed by atoms with E-state index in [1.165, 1.54) is 0 Å². The van der Waals surface area contributed by atoms with Crippen LogP contribution in [0, 0.1) is 5.92 Å². The molecule has 0 bridgehead atoms.